The van der Waals surface area contributed by atoms with Crippen LogP contribution in [-0.4, -0.2) is 36.7 Å². The second kappa shape index (κ2) is 2.94. The highest BCUT2D eigenvalue weighted by Gasteiger charge is 2.10. The standard InChI is InChI=1S/C6H11NO2/c1-5-3-9-4-6(2-8)7-5/h6,8H,2-4H2,1H3. The molecule has 1 atom stereocenters. The number of aliphatic imine (C=N–C) groups is 1. The summed E-state index contributed by atoms with van der Waals surface area (Å²) in [5.41, 5.74) is 0.973. The first-order valence-electron chi connectivity index (χ1n) is 3.05. The van der Waals surface area contributed by atoms with Gasteiger partial charge in [-0.1, -0.05) is 0 Å². The van der Waals surface area contributed by atoms with Crippen molar-refractivity contribution in [3.63, 3.8) is 0 Å². The van der Waals surface area contributed by atoms with Crippen molar-refractivity contribution in [3.8, 4) is 0 Å². The monoisotopic (exact) mass is 129 g/mol. The van der Waals surface area contributed by atoms with Crippen molar-refractivity contribution >= 4 is 5.71 Å². The normalized spacial score (nSPS) is 27.8. The summed E-state index contributed by atoms with van der Waals surface area (Å²) in [6.07, 6.45) is 0. The third-order valence-electron chi connectivity index (χ3n) is 1.23. The van der Waals surface area contributed by atoms with Crippen molar-refractivity contribution in [2.75, 3.05) is 19.8 Å². The molecule has 1 unspecified atom stereocenters. The average molecular weight is 129 g/mol. The van der Waals surface area contributed by atoms with Crippen LogP contribution in [-0.2, 0) is 4.74 Å². The molecule has 9 heavy (non-hydrogen) atoms. The maximum atomic E-state index is 8.62. The molecule has 0 bridgehead atoms. The van der Waals surface area contributed by atoms with Gasteiger partial charge in [0.15, 0.2) is 0 Å². The van der Waals surface area contributed by atoms with Crippen LogP contribution in [0.15, 0.2) is 4.99 Å². The molecular formula is C6H11NO2. The second-order valence-electron chi connectivity index (χ2n) is 2.22. The fraction of sp³-hybridized carbons (Fsp3) is 0.833. The Bertz CT molecular complexity index is 122. The minimum Gasteiger partial charge on any atom is -0.394 e. The number of hydrogen-bond donors (Lipinski definition) is 1. The van der Waals surface area contributed by atoms with Crippen molar-refractivity contribution in [1.82, 2.24) is 0 Å². The first-order valence-corrected chi connectivity index (χ1v) is 3.05. The van der Waals surface area contributed by atoms with Crippen LogP contribution in [0.2, 0.25) is 0 Å². The molecule has 0 fully saturated rings. The molecule has 3 nitrogen and oxygen atoms in total. The van der Waals surface area contributed by atoms with E-state index in [1.54, 1.807) is 0 Å². The van der Waals surface area contributed by atoms with Crippen molar-refractivity contribution in [1.29, 1.82) is 0 Å². The smallest absolute Gasteiger partial charge is 0.0963 e. The minimum atomic E-state index is -0.0150. The van der Waals surface area contributed by atoms with Crippen LogP contribution in [0.5, 0.6) is 0 Å². The minimum absolute atomic E-state index is 0.0150. The summed E-state index contributed by atoms with van der Waals surface area (Å²) in [7, 11) is 0. The number of aliphatic hydroxyl groups excluding tert-OH is 1. The van der Waals surface area contributed by atoms with Crippen LogP contribution in [0.3, 0.4) is 0 Å². The highest BCUT2D eigenvalue weighted by Crippen LogP contribution is 1.99. The Morgan fingerprint density at radius 3 is 3.11 bits per heavy atom. The molecule has 52 valence electrons. The van der Waals surface area contributed by atoms with Gasteiger partial charge in [0.25, 0.3) is 0 Å². The van der Waals surface area contributed by atoms with E-state index in [0.717, 1.165) is 5.71 Å². The zero-order valence-corrected chi connectivity index (χ0v) is 5.50. The molecule has 0 aromatic heterocycles. The zero-order chi connectivity index (χ0) is 6.69. The highest BCUT2D eigenvalue weighted by molar-refractivity contribution is 5.83. The van der Waals surface area contributed by atoms with Gasteiger partial charge in [-0.3, -0.25) is 4.99 Å². The number of ether oxygens (including phenoxy) is 1. The van der Waals surface area contributed by atoms with Gasteiger partial charge in [-0.25, -0.2) is 0 Å². The predicted octanol–water partition coefficient (Wildman–Crippen LogP) is -0.162. The molecule has 1 rings (SSSR count). The average Bonchev–Trinajstić information content (AvgIpc) is 1.88. The SMILES string of the molecule is CC1=NC(CO)COC1. The van der Waals surface area contributed by atoms with E-state index < -0.39 is 0 Å². The van der Waals surface area contributed by atoms with Gasteiger partial charge < -0.3 is 9.84 Å². The Morgan fingerprint density at radius 1 is 1.89 bits per heavy atom. The second-order valence-corrected chi connectivity index (χ2v) is 2.22. The van der Waals surface area contributed by atoms with Gasteiger partial charge in [-0.15, -0.1) is 0 Å². The van der Waals surface area contributed by atoms with Crippen molar-refractivity contribution in [2.24, 2.45) is 4.99 Å². The van der Waals surface area contributed by atoms with Gasteiger partial charge in [0, 0.05) is 5.71 Å². The molecule has 0 spiro atoms. The van der Waals surface area contributed by atoms with Crippen molar-refractivity contribution < 1.29 is 9.84 Å². The maximum absolute atomic E-state index is 8.62. The quantitative estimate of drug-likeness (QED) is 0.534. The summed E-state index contributed by atoms with van der Waals surface area (Å²) >= 11 is 0. The van der Waals surface area contributed by atoms with Crippen LogP contribution < -0.4 is 0 Å². The van der Waals surface area contributed by atoms with E-state index in [4.69, 9.17) is 9.84 Å². The molecule has 1 aliphatic heterocycles. The Hall–Kier alpha value is -0.410. The lowest BCUT2D eigenvalue weighted by Gasteiger charge is -2.16. The maximum Gasteiger partial charge on any atom is 0.0963 e. The molecule has 0 amide bonds. The van der Waals surface area contributed by atoms with Gasteiger partial charge in [0.2, 0.25) is 0 Å². The highest BCUT2D eigenvalue weighted by atomic mass is 16.5. The molecule has 0 aromatic rings. The molecule has 0 saturated carbocycles. The van der Waals surface area contributed by atoms with Crippen LogP contribution in [0.1, 0.15) is 6.92 Å². The van der Waals surface area contributed by atoms with E-state index in [0.29, 0.717) is 13.2 Å². The zero-order valence-electron chi connectivity index (χ0n) is 5.50. The van der Waals surface area contributed by atoms with Gasteiger partial charge in [0.05, 0.1) is 25.9 Å². The molecule has 0 saturated heterocycles. The largest absolute Gasteiger partial charge is 0.394 e. The van der Waals surface area contributed by atoms with Gasteiger partial charge in [-0.05, 0) is 6.92 Å². The Balaban J connectivity index is 2.47. The predicted molar refractivity (Wildman–Crippen MR) is 34.8 cm³/mol. The van der Waals surface area contributed by atoms with Crippen molar-refractivity contribution in [2.45, 2.75) is 13.0 Å². The lowest BCUT2D eigenvalue weighted by atomic mass is 10.3. The number of rotatable bonds is 1. The fourth-order valence-corrected chi connectivity index (χ4v) is 0.822. The number of hydrogen-bond acceptors (Lipinski definition) is 3. The molecule has 0 radical (unpaired) electrons. The summed E-state index contributed by atoms with van der Waals surface area (Å²) in [6, 6.07) is -0.0150. The number of nitrogens with zero attached hydrogens (tertiary/aromatic N) is 1. The van der Waals surface area contributed by atoms with E-state index >= 15 is 0 Å². The summed E-state index contributed by atoms with van der Waals surface area (Å²) in [5.74, 6) is 0. The number of aliphatic hydroxyl groups is 1. The molecule has 1 aliphatic rings. The van der Waals surface area contributed by atoms with E-state index in [-0.39, 0.29) is 12.6 Å². The Kier molecular flexibility index (Phi) is 2.19. The summed E-state index contributed by atoms with van der Waals surface area (Å²) < 4.78 is 5.09. The fourth-order valence-electron chi connectivity index (χ4n) is 0.822. The molecule has 0 aromatic carbocycles. The molecular weight excluding hydrogens is 118 g/mol. The van der Waals surface area contributed by atoms with E-state index in [1.807, 2.05) is 6.92 Å². The van der Waals surface area contributed by atoms with Crippen molar-refractivity contribution in [3.05, 3.63) is 0 Å². The lowest BCUT2D eigenvalue weighted by Crippen LogP contribution is -2.26. The van der Waals surface area contributed by atoms with Gasteiger partial charge in [0.1, 0.15) is 0 Å². The molecule has 0 aliphatic carbocycles. The molecule has 1 heterocycles. The van der Waals surface area contributed by atoms with Crippen LogP contribution in [0.25, 0.3) is 0 Å². The van der Waals surface area contributed by atoms with Gasteiger partial charge >= 0.3 is 0 Å². The van der Waals surface area contributed by atoms with E-state index in [2.05, 4.69) is 4.99 Å². The first-order chi connectivity index (χ1) is 4.33. The van der Waals surface area contributed by atoms with Crippen LogP contribution in [0, 0.1) is 0 Å². The third kappa shape index (κ3) is 1.77. The van der Waals surface area contributed by atoms with Crippen LogP contribution in [0.4, 0.5) is 0 Å². The Labute approximate surface area is 54.4 Å². The lowest BCUT2D eigenvalue weighted by molar-refractivity contribution is 0.116. The van der Waals surface area contributed by atoms with Crippen LogP contribution >= 0.6 is 0 Å². The summed E-state index contributed by atoms with van der Waals surface area (Å²) in [4.78, 5) is 4.14. The van der Waals surface area contributed by atoms with Gasteiger partial charge in [-0.2, -0.15) is 0 Å². The van der Waals surface area contributed by atoms with E-state index in [1.165, 1.54) is 0 Å². The topological polar surface area (TPSA) is 41.8 Å². The molecule has 1 N–H and O–H groups in total. The molecule has 3 heteroatoms. The Morgan fingerprint density at radius 2 is 2.67 bits per heavy atom. The third-order valence-corrected chi connectivity index (χ3v) is 1.23. The summed E-state index contributed by atoms with van der Waals surface area (Å²) in [6.45, 7) is 3.18. The van der Waals surface area contributed by atoms with E-state index in [9.17, 15) is 0 Å². The summed E-state index contributed by atoms with van der Waals surface area (Å²) in [5, 5.41) is 8.62. The first kappa shape index (κ1) is 6.71.